The molecule has 27 heavy (non-hydrogen) atoms. The zero-order valence-electron chi connectivity index (χ0n) is 15.3. The molecule has 2 aromatic rings. The summed E-state index contributed by atoms with van der Waals surface area (Å²) in [5, 5.41) is 7.15. The molecule has 1 N–H and O–H groups in total. The summed E-state index contributed by atoms with van der Waals surface area (Å²) in [5.41, 5.74) is 1.82. The molecule has 142 valence electrons. The van der Waals surface area contributed by atoms with E-state index in [1.165, 1.54) is 12.8 Å². The van der Waals surface area contributed by atoms with Gasteiger partial charge in [-0.15, -0.1) is 0 Å². The third-order valence-electron chi connectivity index (χ3n) is 5.53. The smallest absolute Gasteiger partial charge is 0.248 e. The molecule has 0 radical (unpaired) electrons. The van der Waals surface area contributed by atoms with Crippen LogP contribution in [0.3, 0.4) is 0 Å². The Labute approximate surface area is 167 Å². The summed E-state index contributed by atoms with van der Waals surface area (Å²) in [5.74, 6) is 0.817. The van der Waals surface area contributed by atoms with Crippen molar-refractivity contribution in [2.75, 3.05) is 10.2 Å². The van der Waals surface area contributed by atoms with E-state index in [9.17, 15) is 9.59 Å². The molecule has 6 nitrogen and oxygen atoms in total. The van der Waals surface area contributed by atoms with Crippen LogP contribution in [0.15, 0.2) is 34.9 Å². The van der Waals surface area contributed by atoms with Crippen LogP contribution < -0.4 is 10.2 Å². The quantitative estimate of drug-likeness (QED) is 0.786. The van der Waals surface area contributed by atoms with Crippen LogP contribution in [0.25, 0.3) is 0 Å². The van der Waals surface area contributed by atoms with Crippen molar-refractivity contribution in [3.63, 3.8) is 0 Å². The molecule has 1 fully saturated rings. The summed E-state index contributed by atoms with van der Waals surface area (Å²) in [6, 6.07) is 7.09. The summed E-state index contributed by atoms with van der Waals surface area (Å²) in [6.45, 7) is 0. The summed E-state index contributed by atoms with van der Waals surface area (Å²) in [4.78, 5) is 27.7. The number of nitrogens with one attached hydrogen (secondary N) is 1. The van der Waals surface area contributed by atoms with Crippen LogP contribution in [0.5, 0.6) is 0 Å². The van der Waals surface area contributed by atoms with E-state index in [4.69, 9.17) is 0 Å². The van der Waals surface area contributed by atoms with Crippen molar-refractivity contribution in [1.82, 2.24) is 9.78 Å². The third-order valence-corrected chi connectivity index (χ3v) is 6.02. The highest BCUT2D eigenvalue weighted by Gasteiger charge is 2.38. The standard InChI is InChI=1S/C20H23BrN4O2/c1-24-9-8-18(23-24)22-20(27)17(10-13-4-2-3-5-13)25-16-12-15(21)7-6-14(16)11-19(25)26/h6-9,12-13,17H,2-5,10-11H2,1H3,(H,22,23,27). The molecular weight excluding hydrogens is 408 g/mol. The van der Waals surface area contributed by atoms with Crippen LogP contribution >= 0.6 is 15.9 Å². The van der Waals surface area contributed by atoms with Crippen LogP contribution in [0.4, 0.5) is 11.5 Å². The van der Waals surface area contributed by atoms with E-state index in [-0.39, 0.29) is 11.8 Å². The Morgan fingerprint density at radius 1 is 1.33 bits per heavy atom. The second kappa shape index (κ2) is 7.46. The number of benzene rings is 1. The molecule has 0 bridgehead atoms. The van der Waals surface area contributed by atoms with Gasteiger partial charge in [0.25, 0.3) is 0 Å². The van der Waals surface area contributed by atoms with Crippen molar-refractivity contribution >= 4 is 39.2 Å². The number of aromatic nitrogens is 2. The Bertz CT molecular complexity index is 873. The lowest BCUT2D eigenvalue weighted by molar-refractivity contribution is -0.123. The Hall–Kier alpha value is -2.15. The van der Waals surface area contributed by atoms with E-state index in [0.29, 0.717) is 24.6 Å². The van der Waals surface area contributed by atoms with Gasteiger partial charge in [0.2, 0.25) is 11.8 Å². The van der Waals surface area contributed by atoms with Crippen LogP contribution in [-0.2, 0) is 23.1 Å². The number of hydrogen-bond acceptors (Lipinski definition) is 3. The lowest BCUT2D eigenvalue weighted by Crippen LogP contribution is -2.47. The molecule has 1 saturated carbocycles. The Morgan fingerprint density at radius 3 is 2.81 bits per heavy atom. The van der Waals surface area contributed by atoms with Gasteiger partial charge in [-0.2, -0.15) is 5.10 Å². The Balaban J connectivity index is 1.64. The molecule has 1 atom stereocenters. The first-order chi connectivity index (χ1) is 13.0. The van der Waals surface area contributed by atoms with E-state index < -0.39 is 6.04 Å². The Morgan fingerprint density at radius 2 is 2.11 bits per heavy atom. The van der Waals surface area contributed by atoms with Gasteiger partial charge in [0.1, 0.15) is 6.04 Å². The van der Waals surface area contributed by atoms with Gasteiger partial charge in [-0.3, -0.25) is 19.2 Å². The van der Waals surface area contributed by atoms with Crippen molar-refractivity contribution in [3.8, 4) is 0 Å². The second-order valence-electron chi connectivity index (χ2n) is 7.48. The van der Waals surface area contributed by atoms with Gasteiger partial charge < -0.3 is 5.32 Å². The van der Waals surface area contributed by atoms with Crippen molar-refractivity contribution in [3.05, 3.63) is 40.5 Å². The fourth-order valence-electron chi connectivity index (χ4n) is 4.22. The van der Waals surface area contributed by atoms with E-state index in [1.807, 2.05) is 25.2 Å². The first-order valence-electron chi connectivity index (χ1n) is 9.42. The van der Waals surface area contributed by atoms with Gasteiger partial charge in [0, 0.05) is 29.5 Å². The minimum Gasteiger partial charge on any atom is -0.307 e. The van der Waals surface area contributed by atoms with Gasteiger partial charge in [0.05, 0.1) is 6.42 Å². The number of halogens is 1. The number of carbonyl (C=O) groups excluding carboxylic acids is 2. The van der Waals surface area contributed by atoms with Gasteiger partial charge in [-0.25, -0.2) is 0 Å². The molecule has 1 aromatic carbocycles. The predicted octanol–water partition coefficient (Wildman–Crippen LogP) is 3.66. The fraction of sp³-hybridized carbons (Fsp3) is 0.450. The third kappa shape index (κ3) is 3.78. The molecular formula is C20H23BrN4O2. The predicted molar refractivity (Wildman–Crippen MR) is 108 cm³/mol. The number of rotatable bonds is 5. The highest BCUT2D eigenvalue weighted by atomic mass is 79.9. The summed E-state index contributed by atoms with van der Waals surface area (Å²) >= 11 is 3.49. The number of carbonyl (C=O) groups is 2. The number of aryl methyl sites for hydroxylation is 1. The molecule has 0 saturated heterocycles. The second-order valence-corrected chi connectivity index (χ2v) is 8.40. The van der Waals surface area contributed by atoms with Crippen molar-refractivity contribution in [1.29, 1.82) is 0 Å². The minimum atomic E-state index is -0.516. The van der Waals surface area contributed by atoms with E-state index in [2.05, 4.69) is 26.3 Å². The van der Waals surface area contributed by atoms with Crippen LogP contribution in [0.1, 0.15) is 37.7 Å². The first kappa shape index (κ1) is 18.2. The summed E-state index contributed by atoms with van der Waals surface area (Å²) in [7, 11) is 1.81. The lowest BCUT2D eigenvalue weighted by Gasteiger charge is -2.29. The normalized spacial score (nSPS) is 18.0. The molecule has 2 amide bonds. The van der Waals surface area contributed by atoms with Gasteiger partial charge in [-0.1, -0.05) is 47.7 Å². The fourth-order valence-corrected chi connectivity index (χ4v) is 4.57. The molecule has 1 aromatic heterocycles. The lowest BCUT2D eigenvalue weighted by atomic mass is 9.96. The first-order valence-corrected chi connectivity index (χ1v) is 10.2. The number of hydrogen-bond donors (Lipinski definition) is 1. The zero-order chi connectivity index (χ0) is 19.0. The number of fused-ring (bicyclic) bond motifs is 1. The molecule has 1 aliphatic heterocycles. The minimum absolute atomic E-state index is 0.0118. The monoisotopic (exact) mass is 430 g/mol. The maximum atomic E-state index is 13.2. The SMILES string of the molecule is Cn1ccc(NC(=O)C(CC2CCCC2)N2C(=O)Cc3ccc(Br)cc32)n1. The molecule has 0 spiro atoms. The Kier molecular flexibility index (Phi) is 5.04. The van der Waals surface area contributed by atoms with E-state index in [1.54, 1.807) is 21.8 Å². The molecule has 7 heteroatoms. The summed E-state index contributed by atoms with van der Waals surface area (Å²) < 4.78 is 2.56. The molecule has 2 aliphatic rings. The topological polar surface area (TPSA) is 67.2 Å². The molecule has 1 aliphatic carbocycles. The van der Waals surface area contributed by atoms with E-state index >= 15 is 0 Å². The van der Waals surface area contributed by atoms with Gasteiger partial charge in [-0.05, 0) is 30.0 Å². The van der Waals surface area contributed by atoms with E-state index in [0.717, 1.165) is 28.6 Å². The van der Waals surface area contributed by atoms with Crippen LogP contribution in [0, 0.1) is 5.92 Å². The molecule has 1 unspecified atom stereocenters. The largest absolute Gasteiger partial charge is 0.307 e. The summed E-state index contributed by atoms with van der Waals surface area (Å²) in [6.07, 6.45) is 7.48. The number of anilines is 2. The zero-order valence-corrected chi connectivity index (χ0v) is 16.9. The van der Waals surface area contributed by atoms with Crippen LogP contribution in [-0.4, -0.2) is 27.6 Å². The maximum absolute atomic E-state index is 13.2. The number of amides is 2. The average molecular weight is 431 g/mol. The van der Waals surface area contributed by atoms with Crippen LogP contribution in [0.2, 0.25) is 0 Å². The molecule has 4 rings (SSSR count). The van der Waals surface area contributed by atoms with Crippen molar-refractivity contribution in [2.24, 2.45) is 13.0 Å². The van der Waals surface area contributed by atoms with Crippen molar-refractivity contribution in [2.45, 2.75) is 44.6 Å². The average Bonchev–Trinajstić information content (AvgIpc) is 3.34. The van der Waals surface area contributed by atoms with Gasteiger partial charge >= 0.3 is 0 Å². The molecule has 2 heterocycles. The van der Waals surface area contributed by atoms with Gasteiger partial charge in [0.15, 0.2) is 5.82 Å². The highest BCUT2D eigenvalue weighted by molar-refractivity contribution is 9.10. The highest BCUT2D eigenvalue weighted by Crippen LogP contribution is 2.37. The maximum Gasteiger partial charge on any atom is 0.248 e. The van der Waals surface area contributed by atoms with Crippen molar-refractivity contribution < 1.29 is 9.59 Å². The number of nitrogens with zero attached hydrogens (tertiary/aromatic N) is 3.